The number of halogens is 3. The highest BCUT2D eigenvalue weighted by atomic mass is 79.9. The highest BCUT2D eigenvalue weighted by molar-refractivity contribution is 9.10. The van der Waals surface area contributed by atoms with Crippen LogP contribution in [0.5, 0.6) is 5.75 Å². The fraction of sp³-hybridized carbons (Fsp3) is 0.556. The lowest BCUT2D eigenvalue weighted by molar-refractivity contribution is -0.139. The first-order valence-electron chi connectivity index (χ1n) is 8.66. The van der Waals surface area contributed by atoms with Gasteiger partial charge in [0.25, 0.3) is 5.91 Å². The molecule has 1 aromatic carbocycles. The summed E-state index contributed by atoms with van der Waals surface area (Å²) in [6, 6.07) is 1.73. The number of fused-ring (bicyclic) bond motifs is 1. The molecule has 2 aliphatic rings. The van der Waals surface area contributed by atoms with Gasteiger partial charge in [0.2, 0.25) is 0 Å². The van der Waals surface area contributed by atoms with E-state index in [1.54, 1.807) is 15.9 Å². The Morgan fingerprint density at radius 1 is 1.19 bits per heavy atom. The number of benzene rings is 1. The molecule has 0 N–H and O–H groups in total. The van der Waals surface area contributed by atoms with Gasteiger partial charge in [-0.25, -0.2) is 4.79 Å². The maximum Gasteiger partial charge on any atom is 0.410 e. The van der Waals surface area contributed by atoms with E-state index in [4.69, 9.17) is 32.7 Å². The van der Waals surface area contributed by atoms with Crippen LogP contribution in [0.4, 0.5) is 4.79 Å². The number of rotatable bonds is 1. The predicted molar refractivity (Wildman–Crippen MR) is 107 cm³/mol. The van der Waals surface area contributed by atoms with Gasteiger partial charge in [-0.15, -0.1) is 0 Å². The molecule has 1 unspecified atom stereocenters. The average Bonchev–Trinajstić information content (AvgIpc) is 3.02. The van der Waals surface area contributed by atoms with Crippen LogP contribution >= 0.6 is 39.1 Å². The molecule has 0 bridgehead atoms. The standard InChI is InChI=1S/C18H21BrCl2N2O4/c1-18(2,3)27-17(25)23-6-4-22(5-7-23)16(24)12-9-10-8-11(20)14(21)13(19)15(10)26-12/h8,12H,4-7,9H2,1-3H3. The summed E-state index contributed by atoms with van der Waals surface area (Å²) in [6.07, 6.45) is -0.526. The first-order chi connectivity index (χ1) is 12.6. The number of hydrogen-bond acceptors (Lipinski definition) is 4. The van der Waals surface area contributed by atoms with Crippen LogP contribution in [0.1, 0.15) is 26.3 Å². The van der Waals surface area contributed by atoms with Crippen molar-refractivity contribution in [2.45, 2.75) is 38.9 Å². The molecular weight excluding hydrogens is 459 g/mol. The van der Waals surface area contributed by atoms with Crippen LogP contribution in [0.3, 0.4) is 0 Å². The van der Waals surface area contributed by atoms with E-state index in [0.717, 1.165) is 5.56 Å². The van der Waals surface area contributed by atoms with Gasteiger partial charge in [-0.1, -0.05) is 23.2 Å². The molecule has 1 aromatic rings. The van der Waals surface area contributed by atoms with E-state index in [9.17, 15) is 9.59 Å². The molecule has 0 radical (unpaired) electrons. The first-order valence-corrected chi connectivity index (χ1v) is 10.2. The molecule has 1 saturated heterocycles. The van der Waals surface area contributed by atoms with Gasteiger partial charge in [-0.2, -0.15) is 0 Å². The molecule has 9 heteroatoms. The number of carbonyl (C=O) groups is 2. The van der Waals surface area contributed by atoms with Gasteiger partial charge in [-0.3, -0.25) is 4.79 Å². The summed E-state index contributed by atoms with van der Waals surface area (Å²) in [7, 11) is 0. The lowest BCUT2D eigenvalue weighted by atomic mass is 10.1. The third kappa shape index (κ3) is 4.46. The van der Waals surface area contributed by atoms with E-state index in [-0.39, 0.29) is 12.0 Å². The quantitative estimate of drug-likeness (QED) is 0.568. The Bertz CT molecular complexity index is 774. The maximum absolute atomic E-state index is 12.8. The highest BCUT2D eigenvalue weighted by Gasteiger charge is 2.36. The summed E-state index contributed by atoms with van der Waals surface area (Å²) in [6.45, 7) is 7.24. The number of carbonyl (C=O) groups excluding carboxylic acids is 2. The van der Waals surface area contributed by atoms with Crippen molar-refractivity contribution in [3.8, 4) is 5.75 Å². The third-order valence-electron chi connectivity index (χ3n) is 4.38. The molecule has 2 heterocycles. The maximum atomic E-state index is 12.8. The Morgan fingerprint density at radius 3 is 2.37 bits per heavy atom. The summed E-state index contributed by atoms with van der Waals surface area (Å²) in [5.41, 5.74) is 0.311. The average molecular weight is 480 g/mol. The zero-order chi connectivity index (χ0) is 19.9. The molecule has 1 fully saturated rings. The fourth-order valence-corrected chi connectivity index (χ4v) is 4.11. The third-order valence-corrected chi connectivity index (χ3v) is 6.15. The zero-order valence-corrected chi connectivity index (χ0v) is 18.4. The number of ether oxygens (including phenoxy) is 2. The Morgan fingerprint density at radius 2 is 1.78 bits per heavy atom. The summed E-state index contributed by atoms with van der Waals surface area (Å²) < 4.78 is 11.8. The van der Waals surface area contributed by atoms with Crippen LogP contribution in [-0.2, 0) is 16.0 Å². The Hall–Kier alpha value is -1.18. The molecule has 3 rings (SSSR count). The van der Waals surface area contributed by atoms with E-state index in [0.29, 0.717) is 52.9 Å². The normalized spacial score (nSPS) is 19.6. The van der Waals surface area contributed by atoms with Crippen molar-refractivity contribution in [2.75, 3.05) is 26.2 Å². The molecule has 0 aliphatic carbocycles. The van der Waals surface area contributed by atoms with Crippen molar-refractivity contribution >= 4 is 51.1 Å². The van der Waals surface area contributed by atoms with Crippen molar-refractivity contribution in [1.82, 2.24) is 9.80 Å². The van der Waals surface area contributed by atoms with Crippen LogP contribution in [-0.4, -0.2) is 59.7 Å². The van der Waals surface area contributed by atoms with Gasteiger partial charge in [0.05, 0.1) is 14.5 Å². The van der Waals surface area contributed by atoms with Crippen molar-refractivity contribution in [3.63, 3.8) is 0 Å². The van der Waals surface area contributed by atoms with Gasteiger partial charge in [-0.05, 0) is 42.8 Å². The van der Waals surface area contributed by atoms with Gasteiger partial charge < -0.3 is 19.3 Å². The minimum Gasteiger partial charge on any atom is -0.479 e. The summed E-state index contributed by atoms with van der Waals surface area (Å²) in [5.74, 6) is 0.462. The van der Waals surface area contributed by atoms with E-state index in [1.807, 2.05) is 20.8 Å². The summed E-state index contributed by atoms with van der Waals surface area (Å²) in [5, 5.41) is 0.791. The lowest BCUT2D eigenvalue weighted by Crippen LogP contribution is -2.54. The summed E-state index contributed by atoms with van der Waals surface area (Å²) >= 11 is 15.6. The smallest absolute Gasteiger partial charge is 0.410 e. The number of amides is 2. The zero-order valence-electron chi connectivity index (χ0n) is 15.4. The number of piperazine rings is 1. The van der Waals surface area contributed by atoms with E-state index in [2.05, 4.69) is 15.9 Å². The van der Waals surface area contributed by atoms with Crippen LogP contribution in [0.25, 0.3) is 0 Å². The second kappa shape index (κ2) is 7.68. The minimum atomic E-state index is -0.612. The van der Waals surface area contributed by atoms with Gasteiger partial charge >= 0.3 is 6.09 Å². The van der Waals surface area contributed by atoms with Crippen LogP contribution in [0.2, 0.25) is 10.0 Å². The summed E-state index contributed by atoms with van der Waals surface area (Å²) in [4.78, 5) is 28.3. The Balaban J connectivity index is 1.59. The minimum absolute atomic E-state index is 0.103. The molecule has 0 aromatic heterocycles. The number of hydrogen-bond donors (Lipinski definition) is 0. The van der Waals surface area contributed by atoms with Crippen molar-refractivity contribution in [3.05, 3.63) is 26.1 Å². The van der Waals surface area contributed by atoms with Gasteiger partial charge in [0.1, 0.15) is 11.4 Å². The number of nitrogens with zero attached hydrogens (tertiary/aromatic N) is 2. The second-order valence-corrected chi connectivity index (χ2v) is 9.16. The molecule has 0 spiro atoms. The molecular formula is C18H21BrCl2N2O4. The Kier molecular flexibility index (Phi) is 5.85. The molecule has 0 saturated carbocycles. The largest absolute Gasteiger partial charge is 0.479 e. The Labute approximate surface area is 176 Å². The fourth-order valence-electron chi connectivity index (χ4n) is 3.07. The van der Waals surface area contributed by atoms with Crippen LogP contribution < -0.4 is 4.74 Å². The molecule has 1 atom stereocenters. The first kappa shape index (κ1) is 20.6. The molecule has 2 amide bonds. The van der Waals surface area contributed by atoms with Crippen molar-refractivity contribution < 1.29 is 19.1 Å². The molecule has 2 aliphatic heterocycles. The lowest BCUT2D eigenvalue weighted by Gasteiger charge is -2.36. The van der Waals surface area contributed by atoms with Crippen molar-refractivity contribution in [1.29, 1.82) is 0 Å². The van der Waals surface area contributed by atoms with E-state index in [1.165, 1.54) is 0 Å². The monoisotopic (exact) mass is 478 g/mol. The predicted octanol–water partition coefficient (Wildman–Crippen LogP) is 4.14. The highest BCUT2D eigenvalue weighted by Crippen LogP contribution is 2.44. The van der Waals surface area contributed by atoms with Gasteiger partial charge in [0.15, 0.2) is 6.10 Å². The molecule has 27 heavy (non-hydrogen) atoms. The second-order valence-electron chi connectivity index (χ2n) is 7.58. The van der Waals surface area contributed by atoms with Crippen LogP contribution in [0, 0.1) is 0 Å². The molecule has 148 valence electrons. The van der Waals surface area contributed by atoms with E-state index >= 15 is 0 Å². The van der Waals surface area contributed by atoms with Gasteiger partial charge in [0, 0.05) is 38.2 Å². The van der Waals surface area contributed by atoms with Crippen LogP contribution in [0.15, 0.2) is 10.5 Å². The topological polar surface area (TPSA) is 59.1 Å². The van der Waals surface area contributed by atoms with E-state index < -0.39 is 11.7 Å². The SMILES string of the molecule is CC(C)(C)OC(=O)N1CCN(C(=O)C2Cc3cc(Cl)c(Cl)c(Br)c3O2)CC1. The van der Waals surface area contributed by atoms with Crippen molar-refractivity contribution in [2.24, 2.45) is 0 Å². The molecule has 6 nitrogen and oxygen atoms in total.